The molecular formula is C59H79BN12O11. The summed E-state index contributed by atoms with van der Waals surface area (Å²) < 4.78 is 0. The summed E-state index contributed by atoms with van der Waals surface area (Å²) in [6.07, 6.45) is 10.6. The van der Waals surface area contributed by atoms with E-state index in [-0.39, 0.29) is 55.4 Å². The second-order valence-electron chi connectivity index (χ2n) is 19.2. The van der Waals surface area contributed by atoms with Gasteiger partial charge in [-0.05, 0) is 118 Å². The minimum atomic E-state index is -1.11. The van der Waals surface area contributed by atoms with E-state index in [1.807, 2.05) is 82.3 Å². The first-order valence-electron chi connectivity index (χ1n) is 27.8. The number of para-hydroxylation sites is 1. The number of carbonyl (C=O) groups excluding carboxylic acids is 6. The number of rotatable bonds is 19. The number of phenolic OH excluding ortho intramolecular Hbond substituents is 2. The van der Waals surface area contributed by atoms with Gasteiger partial charge < -0.3 is 52.7 Å². The van der Waals surface area contributed by atoms with Crippen LogP contribution < -0.4 is 32.8 Å². The lowest BCUT2D eigenvalue weighted by atomic mass is 9.85. The van der Waals surface area contributed by atoms with Gasteiger partial charge in [0.2, 0.25) is 17.7 Å². The average molecular weight is 1140 g/mol. The van der Waals surface area contributed by atoms with Gasteiger partial charge in [0, 0.05) is 48.6 Å². The summed E-state index contributed by atoms with van der Waals surface area (Å²) in [4.78, 5) is 91.3. The van der Waals surface area contributed by atoms with Crippen molar-refractivity contribution in [3.63, 3.8) is 0 Å². The number of phenols is 2. The van der Waals surface area contributed by atoms with Gasteiger partial charge in [-0.25, -0.2) is 14.8 Å². The lowest BCUT2D eigenvalue weighted by molar-refractivity contribution is -0.151. The highest BCUT2D eigenvalue weighted by molar-refractivity contribution is 6.46. The molecule has 3 aliphatic rings. The van der Waals surface area contributed by atoms with Crippen molar-refractivity contribution >= 4 is 77.9 Å². The molecule has 0 saturated heterocycles. The maximum Gasteiger partial charge on any atom is 0.374 e. The van der Waals surface area contributed by atoms with Gasteiger partial charge in [0.1, 0.15) is 35.7 Å². The van der Waals surface area contributed by atoms with E-state index in [1.54, 1.807) is 49.8 Å². The number of H-pyrrole nitrogens is 1. The largest absolute Gasteiger partial charge is 0.508 e. The van der Waals surface area contributed by atoms with Crippen molar-refractivity contribution in [3.05, 3.63) is 132 Å². The van der Waals surface area contributed by atoms with Crippen LogP contribution in [0.5, 0.6) is 11.5 Å². The predicted molar refractivity (Wildman–Crippen MR) is 320 cm³/mol. The molecule has 24 heteroatoms. The minimum Gasteiger partial charge on any atom is -0.508 e. The summed E-state index contributed by atoms with van der Waals surface area (Å²) >= 11 is 0. The van der Waals surface area contributed by atoms with E-state index in [9.17, 15) is 53.9 Å². The molecule has 0 radical (unpaired) electrons. The van der Waals surface area contributed by atoms with Gasteiger partial charge in [-0.3, -0.25) is 34.2 Å². The molecule has 23 nitrogen and oxygen atoms in total. The Labute approximate surface area is 484 Å². The molecule has 13 N–H and O–H groups in total. The van der Waals surface area contributed by atoms with Gasteiger partial charge in [-0.1, -0.05) is 100 Å². The number of aromatic amines is 1. The van der Waals surface area contributed by atoms with Crippen molar-refractivity contribution in [3.8, 4) is 11.5 Å². The molecule has 0 fully saturated rings. The zero-order chi connectivity index (χ0) is 61.0. The number of nitrogens with one attached hydrogen (secondary N) is 5. The van der Waals surface area contributed by atoms with Crippen LogP contribution in [0.1, 0.15) is 95.4 Å². The molecule has 5 aromatic rings. The molecule has 7 unspecified atom stereocenters. The van der Waals surface area contributed by atoms with Crippen LogP contribution in [0.3, 0.4) is 0 Å². The number of hydrogen-bond acceptors (Lipinski definition) is 16. The van der Waals surface area contributed by atoms with Crippen molar-refractivity contribution < 1.29 is 53.9 Å². The fraction of sp³-hybridized carbons (Fsp3) is 0.390. The van der Waals surface area contributed by atoms with Crippen LogP contribution in [0.2, 0.25) is 6.82 Å². The molecule has 7 atom stereocenters. The number of carboxylic acids is 1. The number of ketones is 1. The van der Waals surface area contributed by atoms with Crippen molar-refractivity contribution in [2.24, 2.45) is 26.8 Å². The van der Waals surface area contributed by atoms with Gasteiger partial charge in [0.25, 0.3) is 11.8 Å². The molecule has 444 valence electrons. The minimum absolute atomic E-state index is 0.0324. The normalized spacial score (nSPS) is 17.2. The molecule has 4 aromatic carbocycles. The monoisotopic (exact) mass is 1140 g/mol. The van der Waals surface area contributed by atoms with E-state index in [4.69, 9.17) is 11.5 Å². The number of carboxylic acid groups (broad SMARTS) is 1. The summed E-state index contributed by atoms with van der Waals surface area (Å²) in [5, 5.41) is 60.9. The quantitative estimate of drug-likeness (QED) is 0.0519. The number of nitrogens with zero attached hydrogens (tertiary/aromatic N) is 5. The van der Waals surface area contributed by atoms with Crippen LogP contribution in [-0.2, 0) is 59.2 Å². The first-order valence-corrected chi connectivity index (χ1v) is 27.8. The number of nitrogens with two attached hydrogens (primary N) is 2. The molecule has 0 spiro atoms. The fourth-order valence-electron chi connectivity index (χ4n) is 8.88. The average Bonchev–Trinajstić information content (AvgIpc) is 3.97. The summed E-state index contributed by atoms with van der Waals surface area (Å²) in [7, 11) is -0.951. The number of aromatic hydroxyl groups is 2. The van der Waals surface area contributed by atoms with Gasteiger partial charge in [0.05, 0.1) is 12.1 Å². The molecule has 0 aliphatic carbocycles. The van der Waals surface area contributed by atoms with E-state index in [2.05, 4.69) is 41.6 Å². The van der Waals surface area contributed by atoms with Crippen LogP contribution in [0, 0.1) is 0 Å². The SMILES string of the molecule is CB(O)NC(Cc1ccc(O)cc1)C(=O)N1N=CCCC1C(=O)O.CC.CC.CC(=O)C1CCC=NN1.NC(=O)C(Cc1ccccc1)NC(=O)C(Cc1c[nH]c2ccccc12)NC(=O)C1CCC=NN1C(=O)C(N)Cc1ccc(O)cc1. The standard InChI is InChI=1S/C34H37N7O5.C15H20BN3O5.C6H10N2O.2C2H6/c35-26(17-22-12-14-24(42)15-13-22)34(46)41-30(11-6-16-38-41)33(45)40-29(19-23-20-37-27-10-5-4-9-25(23)27)32(44)39-28(31(36)43)18-21-7-2-1-3-8-21;1-16(24)18-12(9-10-4-6-11(20)7-5-10)14(21)19-13(15(22)23)3-2-8-17-19;1-5(9)6-3-2-4-7-8-6;2*1-2/h1-5,7-10,12-16,20,26,28-30,37,42H,6,11,17-19,35H2,(H2,36,43)(H,39,44)(H,40,45);4-8,12-13,18,20,24H,2-3,9H2,1H3,(H,22,23);4,6,8H,2-3H2,1H3;2*1-2H3. The highest BCUT2D eigenvalue weighted by atomic mass is 16.4. The fourth-order valence-corrected chi connectivity index (χ4v) is 8.88. The van der Waals surface area contributed by atoms with E-state index in [0.29, 0.717) is 19.3 Å². The van der Waals surface area contributed by atoms with Crippen LogP contribution in [0.4, 0.5) is 0 Å². The Balaban J connectivity index is 0.000000330. The van der Waals surface area contributed by atoms with Crippen LogP contribution >= 0.6 is 0 Å². The molecule has 5 amide bonds. The first kappa shape index (κ1) is 66.8. The number of aliphatic carboxylic acids is 1. The number of amides is 5. The Morgan fingerprint density at radius 2 is 1.19 bits per heavy atom. The van der Waals surface area contributed by atoms with Crippen LogP contribution in [0.25, 0.3) is 10.9 Å². The molecular weight excluding hydrogens is 1060 g/mol. The van der Waals surface area contributed by atoms with Crippen molar-refractivity contribution in [1.82, 2.24) is 36.3 Å². The smallest absolute Gasteiger partial charge is 0.374 e. The maximum absolute atomic E-state index is 13.8. The highest BCUT2D eigenvalue weighted by Gasteiger charge is 2.38. The summed E-state index contributed by atoms with van der Waals surface area (Å²) in [6.45, 7) is 11.1. The molecule has 0 bridgehead atoms. The molecule has 83 heavy (non-hydrogen) atoms. The highest BCUT2D eigenvalue weighted by Crippen LogP contribution is 2.22. The van der Waals surface area contributed by atoms with Gasteiger partial charge >= 0.3 is 13.0 Å². The topological polar surface area (TPSA) is 360 Å². The molecule has 1 aromatic heterocycles. The second kappa shape index (κ2) is 34.5. The maximum atomic E-state index is 13.8. The van der Waals surface area contributed by atoms with Gasteiger partial charge in [-0.2, -0.15) is 15.3 Å². The zero-order valence-electron chi connectivity index (χ0n) is 47.9. The number of carbonyl (C=O) groups is 7. The Morgan fingerprint density at radius 1 is 0.663 bits per heavy atom. The molecule has 0 saturated carbocycles. The van der Waals surface area contributed by atoms with Crippen LogP contribution in [-0.4, -0.2) is 145 Å². The Hall–Kier alpha value is -8.74. The lowest BCUT2D eigenvalue weighted by Gasteiger charge is -2.32. The van der Waals surface area contributed by atoms with E-state index < -0.39 is 78.8 Å². The summed E-state index contributed by atoms with van der Waals surface area (Å²) in [6, 6.07) is 23.3. The number of aromatic nitrogens is 1. The Kier molecular flexibility index (Phi) is 27.8. The third-order valence-corrected chi connectivity index (χ3v) is 13.1. The summed E-state index contributed by atoms with van der Waals surface area (Å²) in [5.74, 6) is -3.71. The first-order chi connectivity index (χ1) is 39.9. The summed E-state index contributed by atoms with van der Waals surface area (Å²) in [5.41, 5.74) is 18.6. The number of primary amides is 1. The predicted octanol–water partition coefficient (Wildman–Crippen LogP) is 4.09. The lowest BCUT2D eigenvalue weighted by Crippen LogP contribution is -2.59. The van der Waals surface area contributed by atoms with Crippen molar-refractivity contribution in [1.29, 1.82) is 0 Å². The number of fused-ring (bicyclic) bond motifs is 1. The number of benzene rings is 4. The van der Waals surface area contributed by atoms with Crippen LogP contribution in [0.15, 0.2) is 125 Å². The van der Waals surface area contributed by atoms with E-state index in [0.717, 1.165) is 56.0 Å². The number of Topliss-reactive ketones (excluding diaryl/α,β-unsaturated/α-hetero) is 1. The third-order valence-electron chi connectivity index (χ3n) is 13.1. The molecule has 3 aliphatic heterocycles. The molecule has 8 rings (SSSR count). The van der Waals surface area contributed by atoms with E-state index >= 15 is 0 Å². The molecule has 4 heterocycles. The Morgan fingerprint density at radius 3 is 1.73 bits per heavy atom. The second-order valence-corrected chi connectivity index (χ2v) is 19.2. The van der Waals surface area contributed by atoms with E-state index in [1.165, 1.54) is 37.3 Å². The third kappa shape index (κ3) is 21.0. The zero-order valence-corrected chi connectivity index (χ0v) is 47.9. The Bertz CT molecular complexity index is 2980. The van der Waals surface area contributed by atoms with Crippen molar-refractivity contribution in [2.75, 3.05) is 0 Å². The van der Waals surface area contributed by atoms with Crippen molar-refractivity contribution in [2.45, 2.75) is 148 Å². The van der Waals surface area contributed by atoms with Gasteiger partial charge in [0.15, 0.2) is 11.8 Å². The van der Waals surface area contributed by atoms with Gasteiger partial charge in [-0.15, -0.1) is 0 Å². The number of hydrazone groups is 3. The number of hydrogen-bond donors (Lipinski definition) is 11.